The zero-order valence-electron chi connectivity index (χ0n) is 13.1. The Balaban J connectivity index is 2.31. The first-order valence-corrected chi connectivity index (χ1v) is 8.85. The lowest BCUT2D eigenvalue weighted by molar-refractivity contribution is 0.109. The Morgan fingerprint density at radius 2 is 2.14 bits per heavy atom. The molecule has 0 heterocycles. The normalized spacial score (nSPS) is 23.7. The summed E-state index contributed by atoms with van der Waals surface area (Å²) in [4.78, 5) is 2.55. The molecule has 118 valence electrons. The van der Waals surface area contributed by atoms with E-state index in [0.717, 1.165) is 29.5 Å². The number of halogens is 1. The SMILES string of the molecule is CCC(c1cc(Br)ccc1O)N(CC)C1CCCC1CN. The number of aromatic hydroxyl groups is 1. The molecule has 1 aromatic rings. The second-order valence-corrected chi connectivity index (χ2v) is 6.87. The molecule has 0 spiro atoms. The number of phenolic OH excluding ortho intramolecular Hbond substituents is 1. The molecule has 4 heteroatoms. The highest BCUT2D eigenvalue weighted by Crippen LogP contribution is 2.39. The Kier molecular flexibility index (Phi) is 6.08. The summed E-state index contributed by atoms with van der Waals surface area (Å²) in [7, 11) is 0. The standard InChI is InChI=1S/C17H27BrN2O/c1-3-15(14-10-13(18)8-9-17(14)21)20(4-2)16-7-5-6-12(16)11-19/h8-10,12,15-16,21H,3-7,11,19H2,1-2H3. The van der Waals surface area contributed by atoms with Gasteiger partial charge in [-0.2, -0.15) is 0 Å². The van der Waals surface area contributed by atoms with Crippen LogP contribution in [-0.4, -0.2) is 29.1 Å². The molecule has 0 amide bonds. The summed E-state index contributed by atoms with van der Waals surface area (Å²) < 4.78 is 1.02. The van der Waals surface area contributed by atoms with Crippen LogP contribution in [0.5, 0.6) is 5.75 Å². The second-order valence-electron chi connectivity index (χ2n) is 5.95. The average molecular weight is 355 g/mol. The van der Waals surface area contributed by atoms with Gasteiger partial charge in [-0.3, -0.25) is 4.90 Å². The van der Waals surface area contributed by atoms with E-state index < -0.39 is 0 Å². The highest BCUT2D eigenvalue weighted by molar-refractivity contribution is 9.10. The van der Waals surface area contributed by atoms with Gasteiger partial charge in [0.05, 0.1) is 0 Å². The van der Waals surface area contributed by atoms with Gasteiger partial charge in [-0.15, -0.1) is 0 Å². The van der Waals surface area contributed by atoms with Crippen LogP contribution in [0.1, 0.15) is 51.1 Å². The van der Waals surface area contributed by atoms with Crippen LogP contribution in [0.2, 0.25) is 0 Å². The highest BCUT2D eigenvalue weighted by Gasteiger charge is 2.34. The third-order valence-corrected chi connectivity index (χ3v) is 5.34. The fourth-order valence-electron chi connectivity index (χ4n) is 3.84. The van der Waals surface area contributed by atoms with Gasteiger partial charge in [0.25, 0.3) is 0 Å². The summed E-state index contributed by atoms with van der Waals surface area (Å²) in [6, 6.07) is 6.52. The van der Waals surface area contributed by atoms with E-state index in [2.05, 4.69) is 40.7 Å². The minimum Gasteiger partial charge on any atom is -0.508 e. The van der Waals surface area contributed by atoms with Crippen LogP contribution in [0.4, 0.5) is 0 Å². The number of hydrogen-bond acceptors (Lipinski definition) is 3. The molecule has 0 bridgehead atoms. The Morgan fingerprint density at radius 1 is 1.38 bits per heavy atom. The minimum absolute atomic E-state index is 0.254. The molecule has 0 saturated heterocycles. The molecule has 21 heavy (non-hydrogen) atoms. The first-order valence-electron chi connectivity index (χ1n) is 8.06. The molecule has 1 aliphatic carbocycles. The third-order valence-electron chi connectivity index (χ3n) is 4.85. The maximum Gasteiger partial charge on any atom is 0.120 e. The first kappa shape index (κ1) is 16.8. The Labute approximate surface area is 136 Å². The van der Waals surface area contributed by atoms with Crippen molar-refractivity contribution in [2.24, 2.45) is 11.7 Å². The summed E-state index contributed by atoms with van der Waals surface area (Å²) in [6.45, 7) is 6.16. The Bertz CT molecular complexity index is 466. The van der Waals surface area contributed by atoms with Crippen molar-refractivity contribution in [1.29, 1.82) is 0 Å². The number of rotatable bonds is 6. The van der Waals surface area contributed by atoms with E-state index in [0.29, 0.717) is 17.7 Å². The molecule has 1 fully saturated rings. The molecule has 2 rings (SSSR count). The largest absolute Gasteiger partial charge is 0.508 e. The van der Waals surface area contributed by atoms with Crippen LogP contribution in [-0.2, 0) is 0 Å². The van der Waals surface area contributed by atoms with E-state index in [1.54, 1.807) is 6.07 Å². The van der Waals surface area contributed by atoms with Gasteiger partial charge in [0, 0.05) is 22.1 Å². The van der Waals surface area contributed by atoms with Crippen LogP contribution in [0.15, 0.2) is 22.7 Å². The van der Waals surface area contributed by atoms with E-state index in [9.17, 15) is 5.11 Å². The Morgan fingerprint density at radius 3 is 2.76 bits per heavy atom. The number of benzene rings is 1. The average Bonchev–Trinajstić information content (AvgIpc) is 2.95. The molecule has 0 radical (unpaired) electrons. The van der Waals surface area contributed by atoms with Gasteiger partial charge in [-0.05, 0) is 56.5 Å². The maximum atomic E-state index is 10.3. The van der Waals surface area contributed by atoms with Crippen LogP contribution in [0.25, 0.3) is 0 Å². The van der Waals surface area contributed by atoms with Gasteiger partial charge >= 0.3 is 0 Å². The van der Waals surface area contributed by atoms with Crippen LogP contribution < -0.4 is 5.73 Å². The van der Waals surface area contributed by atoms with Crippen LogP contribution >= 0.6 is 15.9 Å². The summed E-state index contributed by atoms with van der Waals surface area (Å²) in [5.41, 5.74) is 6.99. The summed E-state index contributed by atoms with van der Waals surface area (Å²) in [6.07, 6.45) is 4.72. The molecule has 3 N–H and O–H groups in total. The molecule has 1 saturated carbocycles. The molecule has 1 aliphatic rings. The van der Waals surface area contributed by atoms with Gasteiger partial charge in [0.2, 0.25) is 0 Å². The van der Waals surface area contributed by atoms with E-state index in [1.165, 1.54) is 19.3 Å². The first-order chi connectivity index (χ1) is 10.1. The highest BCUT2D eigenvalue weighted by atomic mass is 79.9. The monoisotopic (exact) mass is 354 g/mol. The lowest BCUT2D eigenvalue weighted by Crippen LogP contribution is -2.42. The smallest absolute Gasteiger partial charge is 0.120 e. The summed E-state index contributed by atoms with van der Waals surface area (Å²) in [5.74, 6) is 0.985. The maximum absolute atomic E-state index is 10.3. The van der Waals surface area contributed by atoms with Gasteiger partial charge < -0.3 is 10.8 Å². The zero-order valence-corrected chi connectivity index (χ0v) is 14.6. The topological polar surface area (TPSA) is 49.5 Å². The second kappa shape index (κ2) is 7.61. The quantitative estimate of drug-likeness (QED) is 0.809. The predicted molar refractivity (Wildman–Crippen MR) is 91.4 cm³/mol. The van der Waals surface area contributed by atoms with Crippen molar-refractivity contribution in [2.45, 2.75) is 51.6 Å². The van der Waals surface area contributed by atoms with Gasteiger partial charge in [-0.1, -0.05) is 36.2 Å². The summed E-state index contributed by atoms with van der Waals surface area (Å²) >= 11 is 3.52. The Hall–Kier alpha value is -0.580. The minimum atomic E-state index is 0.254. The molecule has 3 unspecified atom stereocenters. The van der Waals surface area contributed by atoms with Crippen molar-refractivity contribution in [1.82, 2.24) is 4.90 Å². The molecule has 1 aromatic carbocycles. The fraction of sp³-hybridized carbons (Fsp3) is 0.647. The van der Waals surface area contributed by atoms with Gasteiger partial charge in [0.15, 0.2) is 0 Å². The lowest BCUT2D eigenvalue weighted by atomic mass is 9.95. The lowest BCUT2D eigenvalue weighted by Gasteiger charge is -2.38. The van der Waals surface area contributed by atoms with E-state index in [4.69, 9.17) is 5.73 Å². The van der Waals surface area contributed by atoms with Crippen LogP contribution in [0, 0.1) is 5.92 Å². The number of nitrogens with two attached hydrogens (primary N) is 1. The third kappa shape index (κ3) is 3.61. The molecule has 0 aliphatic heterocycles. The fourth-order valence-corrected chi connectivity index (χ4v) is 4.22. The zero-order chi connectivity index (χ0) is 15.4. The molecular formula is C17H27BrN2O. The summed E-state index contributed by atoms with van der Waals surface area (Å²) in [5, 5.41) is 10.3. The predicted octanol–water partition coefficient (Wildman–Crippen LogP) is 4.06. The number of hydrogen-bond donors (Lipinski definition) is 2. The van der Waals surface area contributed by atoms with E-state index in [1.807, 2.05) is 6.07 Å². The van der Waals surface area contributed by atoms with Gasteiger partial charge in [0.1, 0.15) is 5.75 Å². The van der Waals surface area contributed by atoms with Crippen molar-refractivity contribution in [3.05, 3.63) is 28.2 Å². The molecule has 0 aromatic heterocycles. The van der Waals surface area contributed by atoms with E-state index >= 15 is 0 Å². The van der Waals surface area contributed by atoms with Crippen molar-refractivity contribution < 1.29 is 5.11 Å². The molecule has 3 atom stereocenters. The molecule has 3 nitrogen and oxygen atoms in total. The van der Waals surface area contributed by atoms with Crippen molar-refractivity contribution in [2.75, 3.05) is 13.1 Å². The molecular weight excluding hydrogens is 328 g/mol. The van der Waals surface area contributed by atoms with Crippen LogP contribution in [0.3, 0.4) is 0 Å². The van der Waals surface area contributed by atoms with Crippen molar-refractivity contribution in [3.63, 3.8) is 0 Å². The van der Waals surface area contributed by atoms with Gasteiger partial charge in [-0.25, -0.2) is 0 Å². The van der Waals surface area contributed by atoms with E-state index in [-0.39, 0.29) is 6.04 Å². The number of nitrogens with zero attached hydrogens (tertiary/aromatic N) is 1. The van der Waals surface area contributed by atoms with Crippen molar-refractivity contribution >= 4 is 15.9 Å². The van der Waals surface area contributed by atoms with Crippen molar-refractivity contribution in [3.8, 4) is 5.75 Å². The number of phenols is 1.